The zero-order valence-electron chi connectivity index (χ0n) is 16.7. The molecule has 0 saturated carbocycles. The lowest BCUT2D eigenvalue weighted by Gasteiger charge is -2.08. The lowest BCUT2D eigenvalue weighted by molar-refractivity contribution is 0.190. The molecule has 1 aromatic heterocycles. The van der Waals surface area contributed by atoms with Crippen LogP contribution < -0.4 is 20.1 Å². The van der Waals surface area contributed by atoms with Crippen LogP contribution >= 0.6 is 11.3 Å². The second-order valence-corrected chi connectivity index (χ2v) is 7.26. The summed E-state index contributed by atoms with van der Waals surface area (Å²) in [6.07, 6.45) is 11.5. The number of unbranched alkanes of at least 4 members (excludes halogenated alkanes) is 9. The Hall–Kier alpha value is -1.76. The van der Waals surface area contributed by atoms with Crippen LogP contribution in [0.3, 0.4) is 0 Å². The first kappa shape index (κ1) is 23.3. The predicted molar refractivity (Wildman–Crippen MR) is 110 cm³/mol. The zero-order chi connectivity index (χ0) is 19.7. The number of amides is 2. The number of rotatable bonds is 14. The highest BCUT2D eigenvalue weighted by Gasteiger charge is 2.14. The van der Waals surface area contributed by atoms with Gasteiger partial charge in [0, 0.05) is 23.8 Å². The van der Waals surface area contributed by atoms with Gasteiger partial charge < -0.3 is 20.1 Å². The second-order valence-electron chi connectivity index (χ2n) is 6.52. The van der Waals surface area contributed by atoms with Crippen LogP contribution in [0.5, 0.6) is 11.5 Å². The molecule has 0 radical (unpaired) electrons. The molecule has 0 unspecified atom stereocenters. The van der Waals surface area contributed by atoms with Crippen LogP contribution in [-0.4, -0.2) is 25.3 Å². The molecule has 0 aliphatic heterocycles. The lowest BCUT2D eigenvalue weighted by Crippen LogP contribution is -2.28. The number of hydrogen-bond donors (Lipinski definition) is 2. The van der Waals surface area contributed by atoms with Gasteiger partial charge in [0.1, 0.15) is 0 Å². The molecule has 6 nitrogen and oxygen atoms in total. The number of carbonyl (C=O) groups excluding carboxylic acids is 2. The summed E-state index contributed by atoms with van der Waals surface area (Å²) >= 11 is 1.30. The van der Waals surface area contributed by atoms with Crippen LogP contribution in [0.1, 0.15) is 78.1 Å². The van der Waals surface area contributed by atoms with Crippen LogP contribution in [0.15, 0.2) is 10.8 Å². The van der Waals surface area contributed by atoms with E-state index in [4.69, 9.17) is 9.47 Å². The molecule has 0 aliphatic carbocycles. The molecule has 154 valence electrons. The summed E-state index contributed by atoms with van der Waals surface area (Å²) in [5.41, 5.74) is 0. The summed E-state index contributed by atoms with van der Waals surface area (Å²) in [6, 6.07) is 0. The largest absolute Gasteiger partial charge is 0.412 e. The van der Waals surface area contributed by atoms with Gasteiger partial charge in [-0.15, -0.1) is 11.3 Å². The number of thiophene rings is 1. The van der Waals surface area contributed by atoms with Crippen LogP contribution in [0.25, 0.3) is 0 Å². The molecule has 7 heteroatoms. The zero-order valence-corrected chi connectivity index (χ0v) is 17.5. The van der Waals surface area contributed by atoms with Crippen LogP contribution in [0.4, 0.5) is 9.59 Å². The Kier molecular flexibility index (Phi) is 13.2. The van der Waals surface area contributed by atoms with Gasteiger partial charge in [-0.3, -0.25) is 0 Å². The minimum Gasteiger partial charge on any atom is -0.405 e. The summed E-state index contributed by atoms with van der Waals surface area (Å²) in [4.78, 5) is 23.3. The molecule has 1 heterocycles. The molecule has 0 spiro atoms. The maximum absolute atomic E-state index is 11.8. The van der Waals surface area contributed by atoms with Gasteiger partial charge in [-0.05, 0) is 13.3 Å². The van der Waals surface area contributed by atoms with E-state index in [1.807, 2.05) is 0 Å². The van der Waals surface area contributed by atoms with Crippen molar-refractivity contribution in [2.24, 2.45) is 0 Å². The van der Waals surface area contributed by atoms with Crippen molar-refractivity contribution < 1.29 is 19.1 Å². The Morgan fingerprint density at radius 3 is 1.78 bits per heavy atom. The van der Waals surface area contributed by atoms with Gasteiger partial charge in [0.15, 0.2) is 11.5 Å². The number of ether oxygens (including phenoxy) is 2. The van der Waals surface area contributed by atoms with E-state index >= 15 is 0 Å². The van der Waals surface area contributed by atoms with E-state index in [1.165, 1.54) is 62.7 Å². The Morgan fingerprint density at radius 1 is 0.778 bits per heavy atom. The standard InChI is InChI=1S/C20H34N2O4S/c1-3-5-6-7-8-9-10-11-12-13-14-22-20(24)26-18-16-27-15-17(18)25-19(23)21-4-2/h15-16H,3-14H2,1-2H3,(H,21,23)(H,22,24). The van der Waals surface area contributed by atoms with E-state index in [1.54, 1.807) is 17.7 Å². The van der Waals surface area contributed by atoms with Crippen molar-refractivity contribution in [2.75, 3.05) is 13.1 Å². The van der Waals surface area contributed by atoms with Crippen molar-refractivity contribution in [3.63, 3.8) is 0 Å². The molecule has 0 saturated heterocycles. The number of carbonyl (C=O) groups is 2. The first-order chi connectivity index (χ1) is 13.2. The smallest absolute Gasteiger partial charge is 0.405 e. The van der Waals surface area contributed by atoms with E-state index < -0.39 is 12.2 Å². The highest BCUT2D eigenvalue weighted by atomic mass is 32.1. The van der Waals surface area contributed by atoms with Gasteiger partial charge in [0.05, 0.1) is 0 Å². The van der Waals surface area contributed by atoms with Crippen molar-refractivity contribution in [2.45, 2.75) is 78.1 Å². The van der Waals surface area contributed by atoms with Gasteiger partial charge in [-0.1, -0.05) is 64.7 Å². The number of nitrogens with one attached hydrogen (secondary N) is 2. The summed E-state index contributed by atoms with van der Waals surface area (Å²) in [7, 11) is 0. The van der Waals surface area contributed by atoms with E-state index in [9.17, 15) is 9.59 Å². The van der Waals surface area contributed by atoms with Gasteiger partial charge >= 0.3 is 12.2 Å². The molecule has 1 rings (SSSR count). The Balaban J connectivity index is 2.06. The van der Waals surface area contributed by atoms with Crippen LogP contribution in [0, 0.1) is 0 Å². The fraction of sp³-hybridized carbons (Fsp3) is 0.700. The third-order valence-electron chi connectivity index (χ3n) is 4.12. The number of hydrogen-bond acceptors (Lipinski definition) is 5. The van der Waals surface area contributed by atoms with Gasteiger partial charge in [-0.2, -0.15) is 0 Å². The normalized spacial score (nSPS) is 10.4. The molecule has 0 fully saturated rings. The molecule has 0 aromatic carbocycles. The first-order valence-corrected chi connectivity index (χ1v) is 11.1. The molecular weight excluding hydrogens is 364 g/mol. The van der Waals surface area contributed by atoms with Gasteiger partial charge in [-0.25, -0.2) is 9.59 Å². The van der Waals surface area contributed by atoms with Gasteiger partial charge in [0.25, 0.3) is 0 Å². The van der Waals surface area contributed by atoms with Crippen molar-refractivity contribution in [1.82, 2.24) is 10.6 Å². The topological polar surface area (TPSA) is 76.7 Å². The quantitative estimate of drug-likeness (QED) is 0.384. The Morgan fingerprint density at radius 2 is 1.26 bits per heavy atom. The highest BCUT2D eigenvalue weighted by Crippen LogP contribution is 2.31. The lowest BCUT2D eigenvalue weighted by atomic mass is 10.1. The monoisotopic (exact) mass is 398 g/mol. The van der Waals surface area contributed by atoms with Crippen molar-refractivity contribution in [3.05, 3.63) is 10.8 Å². The predicted octanol–water partition coefficient (Wildman–Crippen LogP) is 5.87. The molecule has 2 N–H and O–H groups in total. The average Bonchev–Trinajstić information content (AvgIpc) is 3.06. The molecule has 27 heavy (non-hydrogen) atoms. The van der Waals surface area contributed by atoms with E-state index in [0.29, 0.717) is 13.1 Å². The summed E-state index contributed by atoms with van der Waals surface area (Å²) in [6.45, 7) is 5.10. The minimum atomic E-state index is -0.563. The van der Waals surface area contributed by atoms with Crippen molar-refractivity contribution >= 4 is 23.5 Å². The Labute approximate surface area is 167 Å². The highest BCUT2D eigenvalue weighted by molar-refractivity contribution is 7.08. The summed E-state index contributed by atoms with van der Waals surface area (Å²) in [5, 5.41) is 8.52. The first-order valence-electron chi connectivity index (χ1n) is 10.1. The third-order valence-corrected chi connectivity index (χ3v) is 4.82. The molecule has 0 aliphatic rings. The second kappa shape index (κ2) is 15.3. The van der Waals surface area contributed by atoms with E-state index in [0.717, 1.165) is 12.8 Å². The third kappa shape index (κ3) is 11.5. The van der Waals surface area contributed by atoms with Gasteiger partial charge in [0.2, 0.25) is 0 Å². The SMILES string of the molecule is CCCCCCCCCCCCNC(=O)Oc1cscc1OC(=O)NCC. The molecule has 0 atom stereocenters. The molecule has 1 aromatic rings. The molecule has 0 bridgehead atoms. The van der Waals surface area contributed by atoms with Crippen LogP contribution in [0.2, 0.25) is 0 Å². The maximum Gasteiger partial charge on any atom is 0.412 e. The minimum absolute atomic E-state index is 0.250. The van der Waals surface area contributed by atoms with Crippen molar-refractivity contribution in [3.8, 4) is 11.5 Å². The Bertz CT molecular complexity index is 534. The average molecular weight is 399 g/mol. The molecular formula is C20H34N2O4S. The van der Waals surface area contributed by atoms with Crippen LogP contribution in [-0.2, 0) is 0 Å². The maximum atomic E-state index is 11.8. The van der Waals surface area contributed by atoms with E-state index in [2.05, 4.69) is 17.6 Å². The summed E-state index contributed by atoms with van der Waals surface area (Å²) < 4.78 is 10.3. The van der Waals surface area contributed by atoms with E-state index in [-0.39, 0.29) is 11.5 Å². The fourth-order valence-electron chi connectivity index (χ4n) is 2.64. The molecule has 2 amide bonds. The summed E-state index contributed by atoms with van der Waals surface area (Å²) in [5.74, 6) is 0.506. The van der Waals surface area contributed by atoms with Crippen molar-refractivity contribution in [1.29, 1.82) is 0 Å². The fourth-order valence-corrected chi connectivity index (χ4v) is 3.29.